The van der Waals surface area contributed by atoms with Crippen LogP contribution in [0.1, 0.15) is 5.89 Å². The number of nitrogen functional groups attached to an aromatic ring is 1. The van der Waals surface area contributed by atoms with Gasteiger partial charge in [0.15, 0.2) is 5.58 Å². The zero-order valence-corrected chi connectivity index (χ0v) is 9.92. The first-order valence-electron chi connectivity index (χ1n) is 5.02. The minimum atomic E-state index is 0.661. The van der Waals surface area contributed by atoms with Gasteiger partial charge in [0.2, 0.25) is 5.89 Å². The number of anilines is 1. The number of ether oxygens (including phenoxy) is 1. The van der Waals surface area contributed by atoms with E-state index in [9.17, 15) is 0 Å². The van der Waals surface area contributed by atoms with Crippen LogP contribution < -0.4 is 5.73 Å². The van der Waals surface area contributed by atoms with E-state index >= 15 is 0 Å². The number of methoxy groups -OCH3 is 1. The summed E-state index contributed by atoms with van der Waals surface area (Å²) in [5.74, 6) is 2.40. The lowest BCUT2D eigenvalue weighted by molar-refractivity contribution is 0.218. The third-order valence-electron chi connectivity index (χ3n) is 2.15. The Kier molecular flexibility index (Phi) is 3.69. The largest absolute Gasteiger partial charge is 0.440 e. The Hall–Kier alpha value is -1.20. The molecule has 0 saturated heterocycles. The van der Waals surface area contributed by atoms with E-state index in [4.69, 9.17) is 14.9 Å². The third kappa shape index (κ3) is 2.48. The average Bonchev–Trinajstić information content (AvgIpc) is 2.69. The SMILES string of the molecule is COCCSCc1nc2c(N)cccc2o1. The molecule has 1 aromatic carbocycles. The smallest absolute Gasteiger partial charge is 0.205 e. The van der Waals surface area contributed by atoms with E-state index in [0.717, 1.165) is 29.2 Å². The van der Waals surface area contributed by atoms with E-state index in [0.29, 0.717) is 11.6 Å². The van der Waals surface area contributed by atoms with E-state index in [-0.39, 0.29) is 0 Å². The predicted molar refractivity (Wildman–Crippen MR) is 66.5 cm³/mol. The molecule has 0 amide bonds. The maximum atomic E-state index is 5.80. The number of aromatic nitrogens is 1. The van der Waals surface area contributed by atoms with Crippen LogP contribution in [0.2, 0.25) is 0 Å². The zero-order chi connectivity index (χ0) is 11.4. The van der Waals surface area contributed by atoms with Crippen molar-refractivity contribution in [2.75, 3.05) is 25.2 Å². The van der Waals surface area contributed by atoms with Crippen LogP contribution in [0.15, 0.2) is 22.6 Å². The molecule has 4 nitrogen and oxygen atoms in total. The van der Waals surface area contributed by atoms with Gasteiger partial charge in [-0.2, -0.15) is 0 Å². The fourth-order valence-electron chi connectivity index (χ4n) is 1.38. The second-order valence-corrected chi connectivity index (χ2v) is 4.45. The van der Waals surface area contributed by atoms with Gasteiger partial charge in [-0.25, -0.2) is 4.98 Å². The summed E-state index contributed by atoms with van der Waals surface area (Å²) >= 11 is 1.73. The fourth-order valence-corrected chi connectivity index (χ4v) is 2.11. The number of para-hydroxylation sites is 1. The molecule has 16 heavy (non-hydrogen) atoms. The molecule has 1 heterocycles. The Morgan fingerprint density at radius 1 is 1.50 bits per heavy atom. The first-order valence-corrected chi connectivity index (χ1v) is 6.17. The van der Waals surface area contributed by atoms with E-state index in [2.05, 4.69) is 4.98 Å². The normalized spacial score (nSPS) is 11.1. The molecule has 0 aliphatic rings. The molecular weight excluding hydrogens is 224 g/mol. The number of fused-ring (bicyclic) bond motifs is 1. The van der Waals surface area contributed by atoms with E-state index in [1.807, 2.05) is 18.2 Å². The molecule has 0 unspecified atom stereocenters. The van der Waals surface area contributed by atoms with Gasteiger partial charge in [0.05, 0.1) is 18.0 Å². The Labute approximate surface area is 98.2 Å². The number of oxazole rings is 1. The highest BCUT2D eigenvalue weighted by molar-refractivity contribution is 7.98. The summed E-state index contributed by atoms with van der Waals surface area (Å²) < 4.78 is 10.5. The lowest BCUT2D eigenvalue weighted by Crippen LogP contribution is -1.92. The van der Waals surface area contributed by atoms with Crippen molar-refractivity contribution in [2.45, 2.75) is 5.75 Å². The molecule has 5 heteroatoms. The number of nitrogens with zero attached hydrogens (tertiary/aromatic N) is 1. The molecule has 0 fully saturated rings. The van der Waals surface area contributed by atoms with Crippen LogP contribution in [0.5, 0.6) is 0 Å². The maximum absolute atomic E-state index is 5.80. The van der Waals surface area contributed by atoms with Crippen molar-refractivity contribution >= 4 is 28.5 Å². The number of hydrogen-bond donors (Lipinski definition) is 1. The molecule has 0 aliphatic carbocycles. The van der Waals surface area contributed by atoms with Crippen molar-refractivity contribution in [3.63, 3.8) is 0 Å². The maximum Gasteiger partial charge on any atom is 0.205 e. The van der Waals surface area contributed by atoms with Crippen molar-refractivity contribution < 1.29 is 9.15 Å². The Bertz CT molecular complexity index is 470. The van der Waals surface area contributed by atoms with Gasteiger partial charge in [-0.15, -0.1) is 11.8 Å². The summed E-state index contributed by atoms with van der Waals surface area (Å²) in [5, 5.41) is 0. The summed E-state index contributed by atoms with van der Waals surface area (Å²) in [6.45, 7) is 0.743. The molecule has 1 aromatic heterocycles. The Morgan fingerprint density at radius 2 is 2.38 bits per heavy atom. The third-order valence-corrected chi connectivity index (χ3v) is 3.06. The van der Waals surface area contributed by atoms with Crippen LogP contribution in [0.4, 0.5) is 5.69 Å². The van der Waals surface area contributed by atoms with Crippen LogP contribution in [-0.4, -0.2) is 24.5 Å². The standard InChI is InChI=1S/C11H14N2O2S/c1-14-5-6-16-7-10-13-11-8(12)3-2-4-9(11)15-10/h2-4H,5-7,12H2,1H3. The van der Waals surface area contributed by atoms with Gasteiger partial charge < -0.3 is 14.9 Å². The lowest BCUT2D eigenvalue weighted by atomic mass is 10.3. The van der Waals surface area contributed by atoms with Crippen LogP contribution in [0.3, 0.4) is 0 Å². The summed E-state index contributed by atoms with van der Waals surface area (Å²) in [4.78, 5) is 4.36. The molecule has 0 atom stereocenters. The van der Waals surface area contributed by atoms with Crippen molar-refractivity contribution in [3.05, 3.63) is 24.1 Å². The molecule has 2 N–H and O–H groups in total. The molecule has 0 spiro atoms. The van der Waals surface area contributed by atoms with Crippen molar-refractivity contribution in [2.24, 2.45) is 0 Å². The highest BCUT2D eigenvalue weighted by Crippen LogP contribution is 2.23. The van der Waals surface area contributed by atoms with Crippen LogP contribution in [0.25, 0.3) is 11.1 Å². The molecule has 0 bridgehead atoms. The van der Waals surface area contributed by atoms with Gasteiger partial charge >= 0.3 is 0 Å². The highest BCUT2D eigenvalue weighted by atomic mass is 32.2. The fraction of sp³-hybridized carbons (Fsp3) is 0.364. The molecule has 2 rings (SSSR count). The van der Waals surface area contributed by atoms with Gasteiger partial charge in [0, 0.05) is 12.9 Å². The average molecular weight is 238 g/mol. The molecular formula is C11H14N2O2S. The Morgan fingerprint density at radius 3 is 3.12 bits per heavy atom. The first-order chi connectivity index (χ1) is 7.81. The Balaban J connectivity index is 2.05. The summed E-state index contributed by atoms with van der Waals surface area (Å²) in [5.41, 5.74) is 7.96. The number of thioether (sulfide) groups is 1. The number of hydrogen-bond acceptors (Lipinski definition) is 5. The van der Waals surface area contributed by atoms with Crippen LogP contribution >= 0.6 is 11.8 Å². The monoisotopic (exact) mass is 238 g/mol. The van der Waals surface area contributed by atoms with Gasteiger partial charge in [0.1, 0.15) is 5.52 Å². The van der Waals surface area contributed by atoms with Gasteiger partial charge in [-0.3, -0.25) is 0 Å². The van der Waals surface area contributed by atoms with Gasteiger partial charge in [0.25, 0.3) is 0 Å². The molecule has 86 valence electrons. The summed E-state index contributed by atoms with van der Waals surface area (Å²) in [6.07, 6.45) is 0. The molecule has 0 saturated carbocycles. The zero-order valence-electron chi connectivity index (χ0n) is 9.10. The van der Waals surface area contributed by atoms with Crippen molar-refractivity contribution in [3.8, 4) is 0 Å². The molecule has 0 radical (unpaired) electrons. The van der Waals surface area contributed by atoms with E-state index in [1.54, 1.807) is 18.9 Å². The quantitative estimate of drug-likeness (QED) is 0.639. The molecule has 0 aliphatic heterocycles. The number of benzene rings is 1. The van der Waals surface area contributed by atoms with Gasteiger partial charge in [-0.05, 0) is 12.1 Å². The summed E-state index contributed by atoms with van der Waals surface area (Å²) in [7, 11) is 1.70. The van der Waals surface area contributed by atoms with Gasteiger partial charge in [-0.1, -0.05) is 6.07 Å². The first kappa shape index (κ1) is 11.3. The second kappa shape index (κ2) is 5.23. The molecule has 2 aromatic rings. The predicted octanol–water partition coefficient (Wildman–Crippen LogP) is 2.29. The second-order valence-electron chi connectivity index (χ2n) is 3.35. The topological polar surface area (TPSA) is 61.3 Å². The van der Waals surface area contributed by atoms with E-state index < -0.39 is 0 Å². The van der Waals surface area contributed by atoms with Crippen molar-refractivity contribution in [1.29, 1.82) is 0 Å². The lowest BCUT2D eigenvalue weighted by Gasteiger charge is -1.96. The van der Waals surface area contributed by atoms with Crippen LogP contribution in [-0.2, 0) is 10.5 Å². The highest BCUT2D eigenvalue weighted by Gasteiger charge is 2.07. The van der Waals surface area contributed by atoms with E-state index in [1.165, 1.54) is 0 Å². The summed E-state index contributed by atoms with van der Waals surface area (Å²) in [6, 6.07) is 5.57. The van der Waals surface area contributed by atoms with Crippen molar-refractivity contribution in [1.82, 2.24) is 4.98 Å². The minimum absolute atomic E-state index is 0.661. The number of rotatable bonds is 5. The van der Waals surface area contributed by atoms with Crippen LogP contribution in [0, 0.1) is 0 Å². The minimum Gasteiger partial charge on any atom is -0.440 e. The number of nitrogens with two attached hydrogens (primary N) is 1.